The Morgan fingerprint density at radius 3 is 2.57 bits per heavy atom. The SMILES string of the molecule is CCCCOC(=O)c1ccc(-c2ccc(/C=C/C(=O)Cl)o2)cc1. The van der Waals surface area contributed by atoms with Crippen molar-refractivity contribution in [1.82, 2.24) is 0 Å². The number of allylic oxidation sites excluding steroid dienone is 1. The Kier molecular flexibility index (Phi) is 6.18. The summed E-state index contributed by atoms with van der Waals surface area (Å²) in [5, 5.41) is -0.561. The van der Waals surface area contributed by atoms with Gasteiger partial charge < -0.3 is 9.15 Å². The third-order valence-corrected chi connectivity index (χ3v) is 3.27. The van der Waals surface area contributed by atoms with Crippen molar-refractivity contribution in [2.75, 3.05) is 6.61 Å². The van der Waals surface area contributed by atoms with Crippen molar-refractivity contribution < 1.29 is 18.7 Å². The molecular weight excluding hydrogens is 316 g/mol. The highest BCUT2D eigenvalue weighted by Gasteiger charge is 2.08. The van der Waals surface area contributed by atoms with E-state index in [1.165, 1.54) is 12.2 Å². The minimum atomic E-state index is -0.561. The number of unbranched alkanes of at least 4 members (excludes halogenated alkanes) is 1. The lowest BCUT2D eigenvalue weighted by Crippen LogP contribution is -2.05. The van der Waals surface area contributed by atoms with Crippen LogP contribution >= 0.6 is 11.6 Å². The summed E-state index contributed by atoms with van der Waals surface area (Å²) >= 11 is 5.23. The standard InChI is InChI=1S/C18H17ClO4/c1-2-3-12-22-18(21)14-6-4-13(5-7-14)16-10-8-15(23-16)9-11-17(19)20/h4-11H,2-3,12H2,1H3/b11-9+. The van der Waals surface area contributed by atoms with Crippen molar-refractivity contribution in [1.29, 1.82) is 0 Å². The average molecular weight is 333 g/mol. The van der Waals surface area contributed by atoms with Gasteiger partial charge in [0.25, 0.3) is 0 Å². The first kappa shape index (κ1) is 17.0. The topological polar surface area (TPSA) is 56.5 Å². The molecule has 0 saturated heterocycles. The van der Waals surface area contributed by atoms with Crippen LogP contribution in [0.3, 0.4) is 0 Å². The monoisotopic (exact) mass is 332 g/mol. The van der Waals surface area contributed by atoms with Crippen LogP contribution in [0.4, 0.5) is 0 Å². The fourth-order valence-electron chi connectivity index (χ4n) is 1.91. The summed E-state index contributed by atoms with van der Waals surface area (Å²) in [6, 6.07) is 10.5. The number of benzene rings is 1. The molecule has 0 radical (unpaired) electrons. The highest BCUT2D eigenvalue weighted by molar-refractivity contribution is 6.66. The van der Waals surface area contributed by atoms with Gasteiger partial charge >= 0.3 is 5.97 Å². The smallest absolute Gasteiger partial charge is 0.338 e. The van der Waals surface area contributed by atoms with Gasteiger partial charge in [-0.1, -0.05) is 25.5 Å². The number of rotatable bonds is 7. The van der Waals surface area contributed by atoms with Crippen LogP contribution in [0.2, 0.25) is 0 Å². The maximum absolute atomic E-state index is 11.8. The zero-order valence-corrected chi connectivity index (χ0v) is 13.5. The molecule has 0 aliphatic rings. The van der Waals surface area contributed by atoms with Crippen molar-refractivity contribution in [3.63, 3.8) is 0 Å². The molecule has 120 valence electrons. The lowest BCUT2D eigenvalue weighted by molar-refractivity contribution is -0.107. The molecule has 0 N–H and O–H groups in total. The van der Waals surface area contributed by atoms with Gasteiger partial charge in [0.05, 0.1) is 12.2 Å². The van der Waals surface area contributed by atoms with Crippen LogP contribution in [0.5, 0.6) is 0 Å². The van der Waals surface area contributed by atoms with Gasteiger partial charge in [0.15, 0.2) is 0 Å². The van der Waals surface area contributed by atoms with Gasteiger partial charge in [-0.25, -0.2) is 4.79 Å². The highest BCUT2D eigenvalue weighted by Crippen LogP contribution is 2.23. The summed E-state index contributed by atoms with van der Waals surface area (Å²) in [4.78, 5) is 22.5. The van der Waals surface area contributed by atoms with Gasteiger partial charge in [-0.15, -0.1) is 0 Å². The molecular formula is C18H17ClO4. The van der Waals surface area contributed by atoms with E-state index in [-0.39, 0.29) is 5.97 Å². The van der Waals surface area contributed by atoms with Gasteiger partial charge in [0, 0.05) is 11.6 Å². The second-order valence-corrected chi connectivity index (χ2v) is 5.28. The van der Waals surface area contributed by atoms with Crippen LogP contribution in [0.25, 0.3) is 17.4 Å². The van der Waals surface area contributed by atoms with E-state index in [0.717, 1.165) is 18.4 Å². The first-order valence-corrected chi connectivity index (χ1v) is 7.73. The lowest BCUT2D eigenvalue weighted by atomic mass is 10.1. The number of ether oxygens (including phenoxy) is 1. The molecule has 4 nitrogen and oxygen atoms in total. The Morgan fingerprint density at radius 1 is 1.17 bits per heavy atom. The Morgan fingerprint density at radius 2 is 1.91 bits per heavy atom. The van der Waals surface area contributed by atoms with Crippen molar-refractivity contribution in [2.24, 2.45) is 0 Å². The molecule has 1 aromatic heterocycles. The normalized spacial score (nSPS) is 10.9. The maximum atomic E-state index is 11.8. The van der Waals surface area contributed by atoms with E-state index in [2.05, 4.69) is 0 Å². The van der Waals surface area contributed by atoms with Crippen LogP contribution in [-0.4, -0.2) is 17.8 Å². The van der Waals surface area contributed by atoms with Gasteiger partial charge in [-0.3, -0.25) is 4.79 Å². The molecule has 0 bridgehead atoms. The van der Waals surface area contributed by atoms with Crippen LogP contribution in [0.1, 0.15) is 35.9 Å². The molecule has 0 saturated carbocycles. The predicted molar refractivity (Wildman–Crippen MR) is 89.2 cm³/mol. The average Bonchev–Trinajstić information content (AvgIpc) is 3.02. The molecule has 0 fully saturated rings. The van der Waals surface area contributed by atoms with Crippen LogP contribution in [-0.2, 0) is 9.53 Å². The molecule has 1 heterocycles. The van der Waals surface area contributed by atoms with Gasteiger partial charge in [0.1, 0.15) is 11.5 Å². The molecule has 0 spiro atoms. The number of hydrogen-bond donors (Lipinski definition) is 0. The summed E-state index contributed by atoms with van der Waals surface area (Å²) in [7, 11) is 0. The van der Waals surface area contributed by atoms with Crippen LogP contribution in [0, 0.1) is 0 Å². The minimum absolute atomic E-state index is 0.325. The Hall–Kier alpha value is -2.33. The molecule has 2 rings (SSSR count). The van der Waals surface area contributed by atoms with Crippen molar-refractivity contribution in [3.8, 4) is 11.3 Å². The number of carbonyl (C=O) groups excluding carboxylic acids is 2. The van der Waals surface area contributed by atoms with Crippen molar-refractivity contribution >= 4 is 28.9 Å². The molecule has 1 aromatic carbocycles. The summed E-state index contributed by atoms with van der Waals surface area (Å²) in [5.74, 6) is 0.836. The molecule has 5 heteroatoms. The van der Waals surface area contributed by atoms with Gasteiger partial charge in [-0.2, -0.15) is 0 Å². The number of esters is 1. The maximum Gasteiger partial charge on any atom is 0.338 e. The fourth-order valence-corrected chi connectivity index (χ4v) is 1.97. The predicted octanol–water partition coefficient (Wildman–Crippen LogP) is 4.68. The molecule has 0 aliphatic heterocycles. The van der Waals surface area contributed by atoms with Gasteiger partial charge in [-0.05, 0) is 48.4 Å². The van der Waals surface area contributed by atoms with E-state index in [0.29, 0.717) is 23.7 Å². The van der Waals surface area contributed by atoms with E-state index in [1.54, 1.807) is 36.4 Å². The summed E-state index contributed by atoms with van der Waals surface area (Å²) in [6.45, 7) is 2.47. The first-order chi connectivity index (χ1) is 11.1. The van der Waals surface area contributed by atoms with Crippen molar-refractivity contribution in [3.05, 3.63) is 53.8 Å². The van der Waals surface area contributed by atoms with E-state index >= 15 is 0 Å². The van der Waals surface area contributed by atoms with Crippen LogP contribution in [0.15, 0.2) is 46.9 Å². The number of carbonyl (C=O) groups is 2. The number of hydrogen-bond acceptors (Lipinski definition) is 4. The lowest BCUT2D eigenvalue weighted by Gasteiger charge is -2.04. The zero-order valence-electron chi connectivity index (χ0n) is 12.8. The molecule has 2 aromatic rings. The minimum Gasteiger partial charge on any atom is -0.462 e. The van der Waals surface area contributed by atoms with E-state index in [4.69, 9.17) is 20.8 Å². The first-order valence-electron chi connectivity index (χ1n) is 7.35. The van der Waals surface area contributed by atoms with Gasteiger partial charge in [0.2, 0.25) is 5.24 Å². The summed E-state index contributed by atoms with van der Waals surface area (Å²) in [5.41, 5.74) is 1.33. The van der Waals surface area contributed by atoms with Crippen LogP contribution < -0.4 is 0 Å². The van der Waals surface area contributed by atoms with E-state index < -0.39 is 5.24 Å². The quantitative estimate of drug-likeness (QED) is 0.319. The van der Waals surface area contributed by atoms with Crippen molar-refractivity contribution in [2.45, 2.75) is 19.8 Å². The second kappa shape index (κ2) is 8.34. The number of halogens is 1. The summed E-state index contributed by atoms with van der Waals surface area (Å²) in [6.07, 6.45) is 4.56. The van der Waals surface area contributed by atoms with E-state index in [1.807, 2.05) is 6.92 Å². The molecule has 0 atom stereocenters. The Balaban J connectivity index is 2.04. The second-order valence-electron chi connectivity index (χ2n) is 4.91. The zero-order chi connectivity index (χ0) is 16.7. The summed E-state index contributed by atoms with van der Waals surface area (Å²) < 4.78 is 10.7. The largest absolute Gasteiger partial charge is 0.462 e. The molecule has 0 aliphatic carbocycles. The fraction of sp³-hybridized carbons (Fsp3) is 0.222. The third kappa shape index (κ3) is 5.11. The molecule has 0 unspecified atom stereocenters. The Bertz CT molecular complexity index is 698. The molecule has 0 amide bonds. The molecule has 23 heavy (non-hydrogen) atoms. The number of furan rings is 1. The highest BCUT2D eigenvalue weighted by atomic mass is 35.5. The van der Waals surface area contributed by atoms with E-state index in [9.17, 15) is 9.59 Å². The third-order valence-electron chi connectivity index (χ3n) is 3.14. The Labute approximate surface area is 139 Å².